The molecule has 1 heterocycles. The number of imide groups is 1. The molecule has 1 N–H and O–H groups in total. The van der Waals surface area contributed by atoms with Crippen LogP contribution in [0.1, 0.15) is 66.3 Å². The van der Waals surface area contributed by atoms with Crippen molar-refractivity contribution in [2.45, 2.75) is 58.1 Å². The first kappa shape index (κ1) is 110. The Kier molecular flexibility index (Phi) is 75.6. The Morgan fingerprint density at radius 2 is 0.562 bits per heavy atom. The Bertz CT molecular complexity index is 2660. The molecule has 37 heteroatoms. The highest BCUT2D eigenvalue weighted by molar-refractivity contribution is 6.21. The molecule has 700 valence electrons. The maximum absolute atomic E-state index is 13.6. The van der Waals surface area contributed by atoms with Gasteiger partial charge in [0.25, 0.3) is 11.8 Å². The number of ketones is 1. The summed E-state index contributed by atoms with van der Waals surface area (Å²) in [5, 5.41) is 2.89. The third-order valence-corrected chi connectivity index (χ3v) is 16.1. The first-order chi connectivity index (χ1) is 59.5. The van der Waals surface area contributed by atoms with Gasteiger partial charge in [-0.2, -0.15) is 0 Å². The van der Waals surface area contributed by atoms with E-state index in [-0.39, 0.29) is 89.0 Å². The van der Waals surface area contributed by atoms with E-state index in [4.69, 9.17) is 142 Å². The van der Waals surface area contributed by atoms with Crippen molar-refractivity contribution in [3.63, 3.8) is 0 Å². The molecule has 1 unspecified atom stereocenters. The summed E-state index contributed by atoms with van der Waals surface area (Å²) in [4.78, 5) is 65.0. The Hall–Kier alpha value is -5.13. The number of carbonyl (C=O) groups is 5. The van der Waals surface area contributed by atoms with Crippen molar-refractivity contribution in [1.82, 2.24) is 10.2 Å². The molecule has 0 aromatic heterocycles. The lowest BCUT2D eigenvalue weighted by Gasteiger charge is -2.20. The van der Waals surface area contributed by atoms with Crippen LogP contribution in [0.4, 0.5) is 0 Å². The number of esters is 1. The predicted octanol–water partition coefficient (Wildman–Crippen LogP) is 3.56. The number of methoxy groups -OCH3 is 1. The zero-order chi connectivity index (χ0) is 86.6. The van der Waals surface area contributed by atoms with Gasteiger partial charge < -0.3 is 147 Å². The first-order valence-electron chi connectivity index (χ1n) is 42.3. The fourth-order valence-electron chi connectivity index (χ4n) is 10.1. The van der Waals surface area contributed by atoms with E-state index in [9.17, 15) is 24.0 Å². The molecule has 3 amide bonds. The van der Waals surface area contributed by atoms with Crippen LogP contribution in [0.25, 0.3) is 0 Å². The molecule has 1 atom stereocenters. The van der Waals surface area contributed by atoms with E-state index in [2.05, 4.69) is 5.32 Å². The molecule has 0 saturated heterocycles. The van der Waals surface area contributed by atoms with E-state index < -0.39 is 17.6 Å². The summed E-state index contributed by atoms with van der Waals surface area (Å²) in [5.74, 6) is -1.18. The maximum atomic E-state index is 13.6. The number of nitrogens with zero attached hydrogens (tertiary/aromatic N) is 1. The van der Waals surface area contributed by atoms with Crippen molar-refractivity contribution in [3.05, 3.63) is 65.2 Å². The second kappa shape index (κ2) is 83.1. The lowest BCUT2D eigenvalue weighted by molar-refractivity contribution is -0.157. The largest absolute Gasteiger partial charge is 0.482 e. The highest BCUT2D eigenvalue weighted by Gasteiger charge is 2.34. The molecule has 0 fully saturated rings. The summed E-state index contributed by atoms with van der Waals surface area (Å²) in [7, 11) is 1.64. The molecule has 0 spiro atoms. The van der Waals surface area contributed by atoms with Crippen LogP contribution in [0, 0.1) is 0 Å². The van der Waals surface area contributed by atoms with Gasteiger partial charge in [-0.3, -0.25) is 24.1 Å². The molecular formula is C84H144N2O35. The minimum absolute atomic E-state index is 0.0290. The van der Waals surface area contributed by atoms with Crippen molar-refractivity contribution in [1.29, 1.82) is 0 Å². The predicted molar refractivity (Wildman–Crippen MR) is 438 cm³/mol. The van der Waals surface area contributed by atoms with Gasteiger partial charge in [0.15, 0.2) is 12.4 Å². The Labute approximate surface area is 715 Å². The maximum Gasteiger partial charge on any atom is 0.344 e. The van der Waals surface area contributed by atoms with E-state index in [1.54, 1.807) is 76.4 Å². The lowest BCUT2D eigenvalue weighted by atomic mass is 9.99. The van der Waals surface area contributed by atoms with Crippen LogP contribution in [0.2, 0.25) is 0 Å². The minimum atomic E-state index is -0.808. The normalized spacial score (nSPS) is 12.5. The average molecular weight is 1740 g/mol. The van der Waals surface area contributed by atoms with Crippen LogP contribution < -0.4 is 10.1 Å². The molecule has 121 heavy (non-hydrogen) atoms. The SMILES string of the molecule is COCCOCCOCCOCCOCCOCCOCCOCCOCCOCCOCCOCCOCCOCCOCCOCCOCCOCCOCCOCCOCCOCCOCCOCCCC(=O)C(Cc1ccc(OCC(=O)OC(C)(C)C)cc1)NC(=O)CCOCCOCCOCCOCCN1C(=O)c2ccccc2C1=O. The van der Waals surface area contributed by atoms with Gasteiger partial charge in [0, 0.05) is 26.6 Å². The molecule has 0 radical (unpaired) electrons. The molecule has 1 aliphatic heterocycles. The van der Waals surface area contributed by atoms with Crippen LogP contribution in [0.5, 0.6) is 5.75 Å². The number of nitrogens with one attached hydrogen (secondary N) is 1. The highest BCUT2D eigenvalue weighted by atomic mass is 16.6. The van der Waals surface area contributed by atoms with E-state index in [1.807, 2.05) is 0 Å². The second-order valence-corrected chi connectivity index (χ2v) is 27.0. The molecule has 2 aromatic rings. The average Bonchev–Trinajstić information content (AvgIpc) is 1.64. The monoisotopic (exact) mass is 1740 g/mol. The molecule has 37 nitrogen and oxygen atoms in total. The lowest BCUT2D eigenvalue weighted by Crippen LogP contribution is -2.42. The first-order valence-corrected chi connectivity index (χ1v) is 42.3. The van der Waals surface area contributed by atoms with E-state index in [0.717, 1.165) is 5.56 Å². The summed E-state index contributed by atoms with van der Waals surface area (Å²) in [6, 6.07) is 12.9. The van der Waals surface area contributed by atoms with Crippen LogP contribution >= 0.6 is 0 Å². The van der Waals surface area contributed by atoms with Gasteiger partial charge in [-0.15, -0.1) is 0 Å². The van der Waals surface area contributed by atoms with Crippen molar-refractivity contribution in [2.24, 2.45) is 0 Å². The quantitative estimate of drug-likeness (QED) is 0.0562. The third kappa shape index (κ3) is 69.7. The van der Waals surface area contributed by atoms with Crippen LogP contribution in [0.3, 0.4) is 0 Å². The number of carbonyl (C=O) groups excluding carboxylic acids is 5. The molecule has 0 bridgehead atoms. The molecule has 1 aliphatic rings. The summed E-state index contributed by atoms with van der Waals surface area (Å²) in [6.45, 7) is 29.1. The minimum Gasteiger partial charge on any atom is -0.482 e. The van der Waals surface area contributed by atoms with Gasteiger partial charge in [-0.05, 0) is 63.4 Å². The number of hydrogen-bond donors (Lipinski definition) is 1. The summed E-state index contributed by atoms with van der Waals surface area (Å²) < 4.78 is 165. The van der Waals surface area contributed by atoms with Crippen molar-refractivity contribution >= 4 is 29.5 Å². The number of benzene rings is 2. The topological polar surface area (TPSA) is 378 Å². The molecule has 0 aliphatic carbocycles. The van der Waals surface area contributed by atoms with Gasteiger partial charge in [-0.25, -0.2) is 4.79 Å². The molecule has 2 aromatic carbocycles. The zero-order valence-corrected chi connectivity index (χ0v) is 72.6. The van der Waals surface area contributed by atoms with Crippen molar-refractivity contribution in [3.8, 4) is 5.75 Å². The zero-order valence-electron chi connectivity index (χ0n) is 72.6. The van der Waals surface area contributed by atoms with Gasteiger partial charge in [0.05, 0.1) is 380 Å². The van der Waals surface area contributed by atoms with Crippen LogP contribution in [-0.4, -0.2) is 430 Å². The van der Waals surface area contributed by atoms with E-state index >= 15 is 0 Å². The fraction of sp³-hybridized carbons (Fsp3) is 0.798. The third-order valence-electron chi connectivity index (χ3n) is 16.1. The van der Waals surface area contributed by atoms with E-state index in [1.165, 1.54) is 4.90 Å². The second-order valence-electron chi connectivity index (χ2n) is 27.0. The molecule has 0 saturated carbocycles. The van der Waals surface area contributed by atoms with Crippen molar-refractivity contribution < 1.29 is 166 Å². The number of ether oxygens (including phenoxy) is 30. The van der Waals surface area contributed by atoms with Gasteiger partial charge in [0.2, 0.25) is 5.91 Å². The Morgan fingerprint density at radius 3 is 0.826 bits per heavy atom. The summed E-state index contributed by atoms with van der Waals surface area (Å²) in [5.41, 5.74) is 0.945. The number of Topliss-reactive ketones (excluding diaryl/α,β-unsaturated/α-hetero) is 1. The standard InChI is InChI=1S/C84H144N2O35/c1-84(2,3)121-81(89)73-120-75-13-11-74(12-14-75)72-78(85-80(88)15-18-94-23-26-98-31-32-99-27-24-95-19-16-86-82(90)76-8-5-6-9-77(76)83(86)91)79(87)10-7-17-93-22-25-97-30-33-101-36-37-103-40-41-105-44-45-107-48-49-109-52-53-111-56-57-113-60-61-115-64-65-117-68-69-119-71-70-118-67-66-116-63-62-114-59-58-112-55-54-110-51-50-108-47-46-106-43-42-104-39-38-102-35-34-100-29-28-96-21-20-92-4/h5-6,8-9,11-14,78H,7,10,15-73H2,1-4H3,(H,85,88). The Balaban J connectivity index is 0.972. The molecule has 3 rings (SSSR count). The fourth-order valence-corrected chi connectivity index (χ4v) is 10.1. The number of amides is 3. The van der Waals surface area contributed by atoms with Gasteiger partial charge in [-0.1, -0.05) is 24.3 Å². The number of rotatable bonds is 95. The number of hydrogen-bond acceptors (Lipinski definition) is 35. The highest BCUT2D eigenvalue weighted by Crippen LogP contribution is 2.22. The van der Waals surface area contributed by atoms with Crippen LogP contribution in [-0.2, 0) is 158 Å². The smallest absolute Gasteiger partial charge is 0.344 e. The van der Waals surface area contributed by atoms with Crippen LogP contribution in [0.15, 0.2) is 48.5 Å². The van der Waals surface area contributed by atoms with E-state index in [0.29, 0.717) is 354 Å². The molecular weight excluding hydrogens is 1600 g/mol. The summed E-state index contributed by atoms with van der Waals surface area (Å²) >= 11 is 0. The Morgan fingerprint density at radius 1 is 0.314 bits per heavy atom. The van der Waals surface area contributed by atoms with Gasteiger partial charge >= 0.3 is 5.97 Å². The van der Waals surface area contributed by atoms with Gasteiger partial charge in [0.1, 0.15) is 11.4 Å². The van der Waals surface area contributed by atoms with Crippen molar-refractivity contribution in [2.75, 3.05) is 384 Å². The summed E-state index contributed by atoms with van der Waals surface area (Å²) in [6.07, 6.45) is 0.876. The number of fused-ring (bicyclic) bond motifs is 1.